The maximum atomic E-state index is 10.9. The molecule has 0 N–H and O–H groups in total. The molecule has 0 rings (SSSR count). The highest BCUT2D eigenvalue weighted by molar-refractivity contribution is 6.32. The minimum absolute atomic E-state index is 0.0845. The SMILES string of the molecule is CCOC(=O)C(Cl)(CC)[N+](=O)[O-]. The second-order valence-corrected chi connectivity index (χ2v) is 2.72. The minimum atomic E-state index is -2.12. The maximum Gasteiger partial charge on any atom is 0.401 e. The first-order valence-electron chi connectivity index (χ1n) is 3.49. The molecule has 0 aliphatic rings. The van der Waals surface area contributed by atoms with Crippen molar-refractivity contribution in [2.24, 2.45) is 0 Å². The molecule has 1 atom stereocenters. The standard InChI is InChI=1S/C6H10ClNO4/c1-3-6(7,8(10)11)5(9)12-4-2/h3-4H2,1-2H3. The Labute approximate surface area is 74.8 Å². The number of rotatable bonds is 4. The molecule has 70 valence electrons. The largest absolute Gasteiger partial charge is 0.460 e. The predicted octanol–water partition coefficient (Wildman–Crippen LogP) is 1.17. The lowest BCUT2D eigenvalue weighted by atomic mass is 10.2. The van der Waals surface area contributed by atoms with E-state index in [0.717, 1.165) is 0 Å². The molecule has 0 saturated carbocycles. The van der Waals surface area contributed by atoms with Crippen LogP contribution in [0.15, 0.2) is 0 Å². The maximum absolute atomic E-state index is 10.9. The highest BCUT2D eigenvalue weighted by Crippen LogP contribution is 2.21. The number of halogens is 1. The molecule has 0 saturated heterocycles. The summed E-state index contributed by atoms with van der Waals surface area (Å²) in [5.74, 6) is -1.00. The van der Waals surface area contributed by atoms with Gasteiger partial charge >= 0.3 is 11.0 Å². The van der Waals surface area contributed by atoms with Crippen molar-refractivity contribution in [1.82, 2.24) is 0 Å². The van der Waals surface area contributed by atoms with E-state index in [-0.39, 0.29) is 13.0 Å². The summed E-state index contributed by atoms with van der Waals surface area (Å²) >= 11 is 5.41. The van der Waals surface area contributed by atoms with E-state index in [4.69, 9.17) is 11.6 Å². The van der Waals surface area contributed by atoms with Crippen molar-refractivity contribution < 1.29 is 14.5 Å². The van der Waals surface area contributed by atoms with Crippen molar-refractivity contribution in [3.63, 3.8) is 0 Å². The molecule has 0 spiro atoms. The molecule has 0 amide bonds. The number of nitrogens with zero attached hydrogens (tertiary/aromatic N) is 1. The predicted molar refractivity (Wildman–Crippen MR) is 42.5 cm³/mol. The molecule has 0 aromatic rings. The first-order valence-corrected chi connectivity index (χ1v) is 3.87. The Morgan fingerprint density at radius 3 is 2.42 bits per heavy atom. The van der Waals surface area contributed by atoms with Crippen molar-refractivity contribution in [1.29, 1.82) is 0 Å². The summed E-state index contributed by atoms with van der Waals surface area (Å²) in [7, 11) is 0. The number of hydrogen-bond donors (Lipinski definition) is 0. The van der Waals surface area contributed by atoms with E-state index in [1.165, 1.54) is 6.92 Å². The number of carbonyl (C=O) groups excluding carboxylic acids is 1. The highest BCUT2D eigenvalue weighted by atomic mass is 35.5. The van der Waals surface area contributed by atoms with Gasteiger partial charge in [-0.25, -0.2) is 4.79 Å². The number of alkyl halides is 1. The Balaban J connectivity index is 4.52. The second-order valence-electron chi connectivity index (χ2n) is 2.09. The molecule has 0 fully saturated rings. The molecule has 0 bridgehead atoms. The lowest BCUT2D eigenvalue weighted by molar-refractivity contribution is -0.529. The first kappa shape index (κ1) is 11.2. The van der Waals surface area contributed by atoms with Gasteiger partial charge in [-0.2, -0.15) is 0 Å². The summed E-state index contributed by atoms with van der Waals surface area (Å²) in [6, 6.07) is 0. The zero-order valence-corrected chi connectivity index (χ0v) is 7.63. The smallest absolute Gasteiger partial charge is 0.401 e. The van der Waals surface area contributed by atoms with Gasteiger partial charge in [0.25, 0.3) is 0 Å². The van der Waals surface area contributed by atoms with Crippen molar-refractivity contribution in [2.75, 3.05) is 6.61 Å². The molecule has 0 aromatic heterocycles. The third-order valence-corrected chi connectivity index (χ3v) is 1.91. The van der Waals surface area contributed by atoms with Crippen LogP contribution in [-0.2, 0) is 9.53 Å². The van der Waals surface area contributed by atoms with Gasteiger partial charge in [-0.1, -0.05) is 6.92 Å². The lowest BCUT2D eigenvalue weighted by Crippen LogP contribution is -2.41. The zero-order chi connectivity index (χ0) is 9.78. The number of nitro groups is 1. The van der Waals surface area contributed by atoms with Gasteiger partial charge in [0, 0.05) is 6.42 Å². The Hall–Kier alpha value is -0.840. The van der Waals surface area contributed by atoms with Gasteiger partial charge in [0.1, 0.15) is 0 Å². The van der Waals surface area contributed by atoms with Crippen LogP contribution in [0.1, 0.15) is 20.3 Å². The van der Waals surface area contributed by atoms with Gasteiger partial charge in [0.15, 0.2) is 0 Å². The Morgan fingerprint density at radius 1 is 1.67 bits per heavy atom. The molecule has 5 nitrogen and oxygen atoms in total. The average molecular weight is 196 g/mol. The molecule has 0 heterocycles. The number of carbonyl (C=O) groups is 1. The first-order chi connectivity index (χ1) is 5.49. The van der Waals surface area contributed by atoms with Crippen LogP contribution in [-0.4, -0.2) is 22.5 Å². The Bertz CT molecular complexity index is 196. The van der Waals surface area contributed by atoms with Crippen LogP contribution in [0.25, 0.3) is 0 Å². The topological polar surface area (TPSA) is 69.4 Å². The Kier molecular flexibility index (Phi) is 3.95. The third-order valence-electron chi connectivity index (χ3n) is 1.35. The molecule has 0 aromatic carbocycles. The summed E-state index contributed by atoms with van der Waals surface area (Å²) in [6.45, 7) is 3.10. The van der Waals surface area contributed by atoms with Gasteiger partial charge in [-0.05, 0) is 18.5 Å². The van der Waals surface area contributed by atoms with Crippen molar-refractivity contribution in [3.8, 4) is 0 Å². The van der Waals surface area contributed by atoms with Gasteiger partial charge in [0.2, 0.25) is 0 Å². The summed E-state index contributed by atoms with van der Waals surface area (Å²) in [6.07, 6.45) is -0.0968. The number of ether oxygens (including phenoxy) is 1. The molecule has 6 heteroatoms. The van der Waals surface area contributed by atoms with Gasteiger partial charge in [-0.15, -0.1) is 0 Å². The van der Waals surface area contributed by atoms with E-state index in [9.17, 15) is 14.9 Å². The molecule has 12 heavy (non-hydrogen) atoms. The van der Waals surface area contributed by atoms with Crippen LogP contribution in [0.5, 0.6) is 0 Å². The monoisotopic (exact) mass is 195 g/mol. The summed E-state index contributed by atoms with van der Waals surface area (Å²) in [4.78, 5) is 18.3. The zero-order valence-electron chi connectivity index (χ0n) is 6.87. The van der Waals surface area contributed by atoms with Crippen LogP contribution in [0.2, 0.25) is 0 Å². The van der Waals surface area contributed by atoms with Crippen molar-refractivity contribution in [2.45, 2.75) is 25.3 Å². The Morgan fingerprint density at radius 2 is 2.17 bits per heavy atom. The molecule has 0 aliphatic carbocycles. The van der Waals surface area contributed by atoms with E-state index < -0.39 is 15.9 Å². The van der Waals surface area contributed by atoms with E-state index in [2.05, 4.69) is 4.74 Å². The fraction of sp³-hybridized carbons (Fsp3) is 0.833. The average Bonchev–Trinajstić information content (AvgIpc) is 2.03. The molecule has 0 radical (unpaired) electrons. The van der Waals surface area contributed by atoms with E-state index in [1.807, 2.05) is 0 Å². The molecular weight excluding hydrogens is 186 g/mol. The quantitative estimate of drug-likeness (QED) is 0.222. The van der Waals surface area contributed by atoms with E-state index >= 15 is 0 Å². The van der Waals surface area contributed by atoms with Crippen LogP contribution in [0, 0.1) is 10.1 Å². The van der Waals surface area contributed by atoms with Crippen molar-refractivity contribution in [3.05, 3.63) is 10.1 Å². The third kappa shape index (κ3) is 2.07. The van der Waals surface area contributed by atoms with E-state index in [0.29, 0.717) is 0 Å². The normalized spacial score (nSPS) is 14.9. The minimum Gasteiger partial charge on any atom is -0.460 e. The fourth-order valence-corrected chi connectivity index (χ4v) is 0.644. The lowest BCUT2D eigenvalue weighted by Gasteiger charge is -2.13. The summed E-state index contributed by atoms with van der Waals surface area (Å²) in [5.41, 5.74) is 0. The van der Waals surface area contributed by atoms with Crippen LogP contribution >= 0.6 is 11.6 Å². The van der Waals surface area contributed by atoms with Gasteiger partial charge in [0.05, 0.1) is 11.5 Å². The van der Waals surface area contributed by atoms with Crippen LogP contribution < -0.4 is 0 Å². The van der Waals surface area contributed by atoms with Gasteiger partial charge in [-0.3, -0.25) is 10.1 Å². The van der Waals surface area contributed by atoms with Crippen LogP contribution in [0.3, 0.4) is 0 Å². The second kappa shape index (κ2) is 4.25. The number of esters is 1. The molecule has 1 unspecified atom stereocenters. The van der Waals surface area contributed by atoms with Gasteiger partial charge < -0.3 is 4.74 Å². The molecular formula is C6H10ClNO4. The van der Waals surface area contributed by atoms with Crippen LogP contribution in [0.4, 0.5) is 0 Å². The van der Waals surface area contributed by atoms with E-state index in [1.54, 1.807) is 6.92 Å². The summed E-state index contributed by atoms with van der Waals surface area (Å²) in [5, 5.41) is 10.3. The fourth-order valence-electron chi connectivity index (χ4n) is 0.590. The summed E-state index contributed by atoms with van der Waals surface area (Å²) < 4.78 is 4.45. The number of hydrogen-bond acceptors (Lipinski definition) is 4. The van der Waals surface area contributed by atoms with Crippen molar-refractivity contribution >= 4 is 17.6 Å². The molecule has 0 aliphatic heterocycles. The highest BCUT2D eigenvalue weighted by Gasteiger charge is 2.49.